The molecule has 0 saturated carbocycles. The Morgan fingerprint density at radius 3 is 2.53 bits per heavy atom. The molecule has 19 heavy (non-hydrogen) atoms. The average Bonchev–Trinajstić information content (AvgIpc) is 2.83. The molecule has 4 nitrogen and oxygen atoms in total. The number of ether oxygens (including phenoxy) is 2. The van der Waals surface area contributed by atoms with Gasteiger partial charge in [0.05, 0.1) is 0 Å². The fourth-order valence-corrected chi connectivity index (χ4v) is 1.95. The van der Waals surface area contributed by atoms with Crippen molar-refractivity contribution in [3.05, 3.63) is 35.6 Å². The third kappa shape index (κ3) is 2.85. The second-order valence-corrected chi connectivity index (χ2v) is 4.21. The molecule has 0 spiro atoms. The van der Waals surface area contributed by atoms with Gasteiger partial charge in [0.2, 0.25) is 6.29 Å². The Bertz CT molecular complexity index is 565. The molecule has 0 aliphatic carbocycles. The van der Waals surface area contributed by atoms with Crippen molar-refractivity contribution in [2.24, 2.45) is 0 Å². The summed E-state index contributed by atoms with van der Waals surface area (Å²) in [5.41, 5.74) is 1.73. The molecule has 0 N–H and O–H groups in total. The normalized spacial score (nSPS) is 11.4. The van der Waals surface area contributed by atoms with Crippen molar-refractivity contribution in [2.45, 2.75) is 27.1 Å². The Morgan fingerprint density at radius 1 is 1.26 bits per heavy atom. The Kier molecular flexibility index (Phi) is 4.35. The van der Waals surface area contributed by atoms with Gasteiger partial charge in [0, 0.05) is 18.6 Å². The topological polar surface area (TPSA) is 48.7 Å². The zero-order valence-corrected chi connectivity index (χ0v) is 11.4. The zero-order chi connectivity index (χ0) is 13.8. The molecule has 1 heterocycles. The van der Waals surface area contributed by atoms with Gasteiger partial charge in [-0.3, -0.25) is 4.79 Å². The van der Waals surface area contributed by atoms with E-state index in [4.69, 9.17) is 13.9 Å². The van der Waals surface area contributed by atoms with E-state index < -0.39 is 6.29 Å². The predicted molar refractivity (Wildman–Crippen MR) is 72.3 cm³/mol. The van der Waals surface area contributed by atoms with Gasteiger partial charge in [0.25, 0.3) is 5.78 Å². The molecule has 1 aromatic carbocycles. The number of hydrogen-bond acceptors (Lipinski definition) is 4. The molecule has 0 atom stereocenters. The first-order valence-corrected chi connectivity index (χ1v) is 6.44. The minimum Gasteiger partial charge on any atom is -0.452 e. The number of rotatable bonds is 6. The summed E-state index contributed by atoms with van der Waals surface area (Å²) >= 11 is 0. The van der Waals surface area contributed by atoms with E-state index in [0.29, 0.717) is 13.2 Å². The van der Waals surface area contributed by atoms with Crippen LogP contribution in [0, 0.1) is 6.92 Å². The van der Waals surface area contributed by atoms with Crippen LogP contribution in [0.3, 0.4) is 0 Å². The molecule has 1 aromatic heterocycles. The van der Waals surface area contributed by atoms with E-state index in [-0.39, 0.29) is 11.5 Å². The van der Waals surface area contributed by atoms with Crippen molar-refractivity contribution in [3.63, 3.8) is 0 Å². The highest BCUT2D eigenvalue weighted by Gasteiger charge is 2.24. The van der Waals surface area contributed by atoms with E-state index in [9.17, 15) is 4.79 Å². The van der Waals surface area contributed by atoms with Gasteiger partial charge in [-0.15, -0.1) is 0 Å². The molecule has 2 aromatic rings. The minimum atomic E-state index is -0.893. The Hall–Kier alpha value is -1.65. The summed E-state index contributed by atoms with van der Waals surface area (Å²) in [5.74, 6) is -0.00417. The third-order valence-corrected chi connectivity index (χ3v) is 2.83. The number of carbonyl (C=O) groups is 1. The smallest absolute Gasteiger partial charge is 0.253 e. The number of benzene rings is 1. The molecule has 0 aliphatic rings. The Balaban J connectivity index is 2.32. The summed E-state index contributed by atoms with van der Waals surface area (Å²) < 4.78 is 16.2. The molecule has 102 valence electrons. The van der Waals surface area contributed by atoms with Crippen LogP contribution in [0.25, 0.3) is 11.0 Å². The maximum Gasteiger partial charge on any atom is 0.253 e. The minimum absolute atomic E-state index is 0.274. The number of hydrogen-bond donors (Lipinski definition) is 0. The first kappa shape index (κ1) is 13.8. The molecule has 0 unspecified atom stereocenters. The first-order chi connectivity index (χ1) is 9.17. The van der Waals surface area contributed by atoms with E-state index in [1.54, 1.807) is 6.07 Å². The quantitative estimate of drug-likeness (QED) is 0.592. The zero-order valence-electron chi connectivity index (χ0n) is 11.4. The van der Waals surface area contributed by atoms with Gasteiger partial charge in [-0.2, -0.15) is 0 Å². The van der Waals surface area contributed by atoms with Crippen LogP contribution in [0.2, 0.25) is 0 Å². The van der Waals surface area contributed by atoms with Gasteiger partial charge in [0.1, 0.15) is 5.58 Å². The van der Waals surface area contributed by atoms with Gasteiger partial charge >= 0.3 is 0 Å². The van der Waals surface area contributed by atoms with Gasteiger partial charge in [-0.1, -0.05) is 18.2 Å². The van der Waals surface area contributed by atoms with Crippen molar-refractivity contribution in [1.82, 2.24) is 0 Å². The van der Waals surface area contributed by atoms with Gasteiger partial charge < -0.3 is 13.9 Å². The summed E-state index contributed by atoms with van der Waals surface area (Å²) in [6.07, 6.45) is -0.893. The summed E-state index contributed by atoms with van der Waals surface area (Å²) in [4.78, 5) is 12.3. The van der Waals surface area contributed by atoms with Crippen molar-refractivity contribution in [1.29, 1.82) is 0 Å². The maximum absolute atomic E-state index is 12.3. The fraction of sp³-hybridized carbons (Fsp3) is 0.400. The molecule has 0 radical (unpaired) electrons. The van der Waals surface area contributed by atoms with Crippen LogP contribution < -0.4 is 0 Å². The third-order valence-electron chi connectivity index (χ3n) is 2.83. The molecule has 0 saturated heterocycles. The number of Topliss-reactive ketones (excluding diaryl/α,β-unsaturated/α-hetero) is 1. The van der Waals surface area contributed by atoms with Crippen LogP contribution in [0.4, 0.5) is 0 Å². The molecule has 0 aliphatic heterocycles. The maximum atomic E-state index is 12.3. The number of carbonyl (C=O) groups excluding carboxylic acids is 1. The Morgan fingerprint density at radius 2 is 1.95 bits per heavy atom. The predicted octanol–water partition coefficient (Wildman–Crippen LogP) is 3.32. The number of furan rings is 1. The molecule has 0 fully saturated rings. The molecule has 0 bridgehead atoms. The summed E-state index contributed by atoms with van der Waals surface area (Å²) in [6, 6.07) is 7.53. The monoisotopic (exact) mass is 262 g/mol. The number of para-hydroxylation sites is 1. The van der Waals surface area contributed by atoms with Crippen LogP contribution in [0.15, 0.2) is 28.7 Å². The highest BCUT2D eigenvalue weighted by atomic mass is 16.7. The second kappa shape index (κ2) is 5.99. The van der Waals surface area contributed by atoms with E-state index in [0.717, 1.165) is 16.5 Å². The lowest BCUT2D eigenvalue weighted by atomic mass is 10.2. The number of fused-ring (bicyclic) bond motifs is 1. The van der Waals surface area contributed by atoms with Gasteiger partial charge in [-0.05, 0) is 32.4 Å². The van der Waals surface area contributed by atoms with Gasteiger partial charge in [-0.25, -0.2) is 0 Å². The molecular formula is C15H18O4. The number of aryl methyl sites for hydroxylation is 1. The SMILES string of the molecule is CCOC(OCC)C(=O)c1cc2cccc(C)c2o1. The number of ketones is 1. The van der Waals surface area contributed by atoms with E-state index in [1.165, 1.54) is 0 Å². The Labute approximate surface area is 112 Å². The largest absolute Gasteiger partial charge is 0.452 e. The van der Waals surface area contributed by atoms with Crippen LogP contribution in [-0.2, 0) is 9.47 Å². The van der Waals surface area contributed by atoms with Crippen molar-refractivity contribution < 1.29 is 18.7 Å². The van der Waals surface area contributed by atoms with E-state index in [1.807, 2.05) is 39.0 Å². The van der Waals surface area contributed by atoms with Crippen molar-refractivity contribution >= 4 is 16.8 Å². The lowest BCUT2D eigenvalue weighted by molar-refractivity contribution is -0.108. The summed E-state index contributed by atoms with van der Waals surface area (Å²) in [7, 11) is 0. The fourth-order valence-electron chi connectivity index (χ4n) is 1.95. The first-order valence-electron chi connectivity index (χ1n) is 6.44. The summed E-state index contributed by atoms with van der Waals surface area (Å²) in [6.45, 7) is 6.41. The van der Waals surface area contributed by atoms with Crippen molar-refractivity contribution in [3.8, 4) is 0 Å². The van der Waals surface area contributed by atoms with E-state index >= 15 is 0 Å². The lowest BCUT2D eigenvalue weighted by Gasteiger charge is -2.13. The van der Waals surface area contributed by atoms with Crippen LogP contribution in [0.5, 0.6) is 0 Å². The van der Waals surface area contributed by atoms with Crippen LogP contribution in [-0.4, -0.2) is 25.3 Å². The molecule has 2 rings (SSSR count). The van der Waals surface area contributed by atoms with Crippen LogP contribution >= 0.6 is 0 Å². The van der Waals surface area contributed by atoms with E-state index in [2.05, 4.69) is 0 Å². The summed E-state index contributed by atoms with van der Waals surface area (Å²) in [5, 5.41) is 0.912. The lowest BCUT2D eigenvalue weighted by Crippen LogP contribution is -2.27. The second-order valence-electron chi connectivity index (χ2n) is 4.21. The highest BCUT2D eigenvalue weighted by molar-refractivity contribution is 6.00. The average molecular weight is 262 g/mol. The van der Waals surface area contributed by atoms with Crippen molar-refractivity contribution in [2.75, 3.05) is 13.2 Å². The molecular weight excluding hydrogens is 244 g/mol. The highest BCUT2D eigenvalue weighted by Crippen LogP contribution is 2.23. The van der Waals surface area contributed by atoms with Crippen LogP contribution in [0.1, 0.15) is 30.0 Å². The van der Waals surface area contributed by atoms with Gasteiger partial charge in [0.15, 0.2) is 5.76 Å². The molecule has 0 amide bonds. The standard InChI is InChI=1S/C15H18O4/c1-4-17-15(18-5-2)13(16)12-9-11-8-6-7-10(3)14(11)19-12/h6-9,15H,4-5H2,1-3H3. The molecule has 4 heteroatoms.